The highest BCUT2D eigenvalue weighted by molar-refractivity contribution is 7.92. The molecule has 1 saturated heterocycles. The first-order valence-electron chi connectivity index (χ1n) is 9.35. The summed E-state index contributed by atoms with van der Waals surface area (Å²) in [5, 5.41) is 0. The number of nitrogens with zero attached hydrogens (tertiary/aromatic N) is 2. The number of sulfonamides is 1. The molecular formula is C20H32N2O3S. The second-order valence-corrected chi connectivity index (χ2v) is 10.3. The van der Waals surface area contributed by atoms with Gasteiger partial charge in [0.1, 0.15) is 0 Å². The second-order valence-electron chi connectivity index (χ2n) is 8.42. The average Bonchev–Trinajstić information content (AvgIpc) is 2.53. The van der Waals surface area contributed by atoms with E-state index in [1.165, 1.54) is 10.6 Å². The molecule has 1 aliphatic heterocycles. The van der Waals surface area contributed by atoms with Gasteiger partial charge in [-0.15, -0.1) is 0 Å². The van der Waals surface area contributed by atoms with E-state index in [1.807, 2.05) is 29.2 Å². The van der Waals surface area contributed by atoms with E-state index in [0.29, 0.717) is 11.6 Å². The fraction of sp³-hybridized carbons (Fsp3) is 0.650. The van der Waals surface area contributed by atoms with Crippen molar-refractivity contribution < 1.29 is 13.2 Å². The summed E-state index contributed by atoms with van der Waals surface area (Å²) < 4.78 is 26.3. The predicted octanol–water partition coefficient (Wildman–Crippen LogP) is 3.40. The van der Waals surface area contributed by atoms with Crippen LogP contribution < -0.4 is 4.31 Å². The number of anilines is 1. The molecule has 1 aliphatic rings. The summed E-state index contributed by atoms with van der Waals surface area (Å²) in [7, 11) is -3.47. The third-order valence-corrected chi connectivity index (χ3v) is 6.23. The number of hydrogen-bond acceptors (Lipinski definition) is 3. The summed E-state index contributed by atoms with van der Waals surface area (Å²) in [6, 6.07) is 7.55. The Morgan fingerprint density at radius 3 is 2.31 bits per heavy atom. The van der Waals surface area contributed by atoms with Crippen molar-refractivity contribution in [2.75, 3.05) is 30.2 Å². The fourth-order valence-electron chi connectivity index (χ4n) is 3.40. The van der Waals surface area contributed by atoms with E-state index in [1.54, 1.807) is 0 Å². The number of rotatable bonds is 5. The Balaban J connectivity index is 2.19. The van der Waals surface area contributed by atoms with Gasteiger partial charge in [0, 0.05) is 26.1 Å². The van der Waals surface area contributed by atoms with Crippen molar-refractivity contribution in [3.63, 3.8) is 0 Å². The second kappa shape index (κ2) is 7.99. The van der Waals surface area contributed by atoms with Gasteiger partial charge >= 0.3 is 0 Å². The van der Waals surface area contributed by atoms with Crippen LogP contribution >= 0.6 is 0 Å². The van der Waals surface area contributed by atoms with E-state index in [0.717, 1.165) is 31.5 Å². The van der Waals surface area contributed by atoms with Crippen LogP contribution in [0.2, 0.25) is 0 Å². The van der Waals surface area contributed by atoms with Gasteiger partial charge in [0.25, 0.3) is 0 Å². The molecule has 1 amide bonds. The third kappa shape index (κ3) is 5.22. The predicted molar refractivity (Wildman–Crippen MR) is 107 cm³/mol. The molecule has 6 heteroatoms. The number of piperidine rings is 1. The minimum atomic E-state index is -3.47. The summed E-state index contributed by atoms with van der Waals surface area (Å²) in [6.45, 7) is 10.1. The van der Waals surface area contributed by atoms with Crippen LogP contribution in [0.25, 0.3) is 0 Å². The molecule has 1 heterocycles. The van der Waals surface area contributed by atoms with Crippen LogP contribution in [0.4, 0.5) is 5.69 Å². The molecule has 1 aromatic rings. The van der Waals surface area contributed by atoms with Crippen LogP contribution in [0.1, 0.15) is 52.5 Å². The first-order valence-corrected chi connectivity index (χ1v) is 11.2. The van der Waals surface area contributed by atoms with Gasteiger partial charge in [0.05, 0.1) is 11.9 Å². The smallest absolute Gasteiger partial charge is 0.232 e. The van der Waals surface area contributed by atoms with Crippen molar-refractivity contribution in [1.29, 1.82) is 0 Å². The lowest BCUT2D eigenvalue weighted by atomic mass is 9.86. The molecule has 0 aliphatic carbocycles. The number of carbonyl (C=O) groups is 1. The Kier molecular flexibility index (Phi) is 6.37. The number of amides is 1. The molecule has 1 fully saturated rings. The summed E-state index contributed by atoms with van der Waals surface area (Å²) in [4.78, 5) is 14.4. The van der Waals surface area contributed by atoms with E-state index >= 15 is 0 Å². The van der Waals surface area contributed by atoms with Crippen molar-refractivity contribution in [1.82, 2.24) is 4.90 Å². The van der Waals surface area contributed by atoms with Crippen molar-refractivity contribution in [3.8, 4) is 0 Å². The minimum Gasteiger partial charge on any atom is -0.343 e. The van der Waals surface area contributed by atoms with Crippen LogP contribution in [-0.2, 0) is 20.2 Å². The van der Waals surface area contributed by atoms with Crippen LogP contribution in [0.15, 0.2) is 24.3 Å². The largest absolute Gasteiger partial charge is 0.343 e. The molecule has 26 heavy (non-hydrogen) atoms. The lowest BCUT2D eigenvalue weighted by molar-refractivity contribution is -0.132. The fourth-order valence-corrected chi connectivity index (χ4v) is 4.34. The van der Waals surface area contributed by atoms with Crippen LogP contribution in [-0.4, -0.2) is 45.1 Å². The Morgan fingerprint density at radius 1 is 1.19 bits per heavy atom. The van der Waals surface area contributed by atoms with Gasteiger partial charge in [0.15, 0.2) is 0 Å². The Morgan fingerprint density at radius 2 is 1.77 bits per heavy atom. The molecule has 0 saturated carbocycles. The van der Waals surface area contributed by atoms with Gasteiger partial charge in [-0.1, -0.05) is 45.9 Å². The lowest BCUT2D eigenvalue weighted by Crippen LogP contribution is -2.41. The zero-order chi connectivity index (χ0) is 19.5. The standard InChI is InChI=1S/C20H32N2O3S/c1-16-10-13-21(14-11-16)19(23)12-15-22(26(5,24)25)18-9-7-6-8-17(18)20(2,3)4/h6-9,16H,10-15H2,1-5H3. The first-order chi connectivity index (χ1) is 12.0. The van der Waals surface area contributed by atoms with Crippen molar-refractivity contribution in [3.05, 3.63) is 29.8 Å². The topological polar surface area (TPSA) is 57.7 Å². The van der Waals surface area contributed by atoms with Crippen LogP contribution in [0.3, 0.4) is 0 Å². The Labute approximate surface area is 158 Å². The molecule has 2 rings (SSSR count). The molecule has 146 valence electrons. The number of likely N-dealkylation sites (tertiary alicyclic amines) is 1. The van der Waals surface area contributed by atoms with Gasteiger partial charge in [-0.25, -0.2) is 8.42 Å². The number of para-hydroxylation sites is 1. The van der Waals surface area contributed by atoms with Crippen molar-refractivity contribution >= 4 is 21.6 Å². The monoisotopic (exact) mass is 380 g/mol. The molecule has 0 atom stereocenters. The molecule has 0 aromatic heterocycles. The lowest BCUT2D eigenvalue weighted by Gasteiger charge is -2.32. The first kappa shape index (κ1) is 20.7. The third-order valence-electron chi connectivity index (χ3n) is 5.05. The summed E-state index contributed by atoms with van der Waals surface area (Å²) >= 11 is 0. The normalized spacial score (nSPS) is 16.6. The maximum absolute atomic E-state index is 12.6. The minimum absolute atomic E-state index is 0.0405. The van der Waals surface area contributed by atoms with E-state index in [9.17, 15) is 13.2 Å². The van der Waals surface area contributed by atoms with Crippen molar-refractivity contribution in [2.24, 2.45) is 5.92 Å². The quantitative estimate of drug-likeness (QED) is 0.787. The molecule has 0 N–H and O–H groups in total. The zero-order valence-electron chi connectivity index (χ0n) is 16.7. The number of carbonyl (C=O) groups excluding carboxylic acids is 1. The molecule has 0 spiro atoms. The average molecular weight is 381 g/mol. The van der Waals surface area contributed by atoms with Gasteiger partial charge < -0.3 is 4.90 Å². The Hall–Kier alpha value is -1.56. The highest BCUT2D eigenvalue weighted by atomic mass is 32.2. The zero-order valence-corrected chi connectivity index (χ0v) is 17.5. The maximum Gasteiger partial charge on any atom is 0.232 e. The Bertz CT molecular complexity index is 730. The molecular weight excluding hydrogens is 348 g/mol. The van der Waals surface area contributed by atoms with Gasteiger partial charge in [-0.3, -0.25) is 9.10 Å². The van der Waals surface area contributed by atoms with Gasteiger partial charge in [-0.05, 0) is 35.8 Å². The molecule has 5 nitrogen and oxygen atoms in total. The summed E-state index contributed by atoms with van der Waals surface area (Å²) in [5.41, 5.74) is 1.44. The van der Waals surface area contributed by atoms with Gasteiger partial charge in [-0.2, -0.15) is 0 Å². The maximum atomic E-state index is 12.6. The molecule has 0 radical (unpaired) electrons. The molecule has 0 unspecified atom stereocenters. The van der Waals surface area contributed by atoms with Crippen LogP contribution in [0.5, 0.6) is 0 Å². The highest BCUT2D eigenvalue weighted by Gasteiger charge is 2.27. The SMILES string of the molecule is CC1CCN(C(=O)CCN(c2ccccc2C(C)(C)C)S(C)(=O)=O)CC1. The highest BCUT2D eigenvalue weighted by Crippen LogP contribution is 2.33. The molecule has 0 bridgehead atoms. The number of hydrogen-bond donors (Lipinski definition) is 0. The van der Waals surface area contributed by atoms with Crippen molar-refractivity contribution in [2.45, 2.75) is 52.4 Å². The van der Waals surface area contributed by atoms with E-state index < -0.39 is 10.0 Å². The van der Waals surface area contributed by atoms with E-state index in [2.05, 4.69) is 27.7 Å². The van der Waals surface area contributed by atoms with Gasteiger partial charge in [0.2, 0.25) is 15.9 Å². The summed E-state index contributed by atoms with van der Waals surface area (Å²) in [6.07, 6.45) is 3.46. The van der Waals surface area contributed by atoms with E-state index in [-0.39, 0.29) is 24.3 Å². The van der Waals surface area contributed by atoms with Crippen LogP contribution in [0, 0.1) is 5.92 Å². The number of benzene rings is 1. The molecule has 1 aromatic carbocycles. The summed E-state index contributed by atoms with van der Waals surface area (Å²) in [5.74, 6) is 0.698. The van der Waals surface area contributed by atoms with E-state index in [4.69, 9.17) is 0 Å².